The summed E-state index contributed by atoms with van der Waals surface area (Å²) in [5.41, 5.74) is 1.67. The molecule has 0 aromatic heterocycles. The van der Waals surface area contributed by atoms with E-state index in [0.29, 0.717) is 31.5 Å². The summed E-state index contributed by atoms with van der Waals surface area (Å²) in [4.78, 5) is 14.3. The Kier molecular flexibility index (Phi) is 5.27. The molecule has 1 saturated heterocycles. The Bertz CT molecular complexity index is 629. The fraction of sp³-hybridized carbons (Fsp3) is 0.588. The Hall–Kier alpha value is -1.36. The number of benzene rings is 1. The molecule has 2 rings (SSSR count). The summed E-state index contributed by atoms with van der Waals surface area (Å²) in [6.07, 6.45) is 1.10. The van der Waals surface area contributed by atoms with E-state index >= 15 is 0 Å². The molecular weight excluding hydrogens is 298 g/mol. The van der Waals surface area contributed by atoms with Crippen molar-refractivity contribution in [3.8, 4) is 0 Å². The Balaban J connectivity index is 2.01. The van der Waals surface area contributed by atoms with Gasteiger partial charge in [-0.15, -0.1) is 0 Å². The van der Waals surface area contributed by atoms with Crippen LogP contribution in [0.5, 0.6) is 0 Å². The molecule has 1 aliphatic rings. The van der Waals surface area contributed by atoms with Crippen LogP contribution < -0.4 is 0 Å². The second-order valence-corrected chi connectivity index (χ2v) is 8.86. The third-order valence-electron chi connectivity index (χ3n) is 4.18. The van der Waals surface area contributed by atoms with Crippen molar-refractivity contribution < 1.29 is 13.2 Å². The van der Waals surface area contributed by atoms with E-state index in [1.165, 1.54) is 0 Å². The van der Waals surface area contributed by atoms with Crippen molar-refractivity contribution in [3.05, 3.63) is 35.4 Å². The van der Waals surface area contributed by atoms with Crippen molar-refractivity contribution >= 4 is 15.7 Å². The standard InChI is InChI=1S/C17H25NO3S/c1-13(2)12-22(20,21)15-8-10-18(11-9-15)17(19)16-7-5-4-6-14(16)3/h4-7,13,15H,8-12H2,1-3H3. The molecule has 0 saturated carbocycles. The van der Waals surface area contributed by atoms with E-state index in [-0.39, 0.29) is 22.8 Å². The van der Waals surface area contributed by atoms with Crippen molar-refractivity contribution in [2.75, 3.05) is 18.8 Å². The van der Waals surface area contributed by atoms with E-state index in [4.69, 9.17) is 0 Å². The normalized spacial score (nSPS) is 17.0. The number of carbonyl (C=O) groups is 1. The van der Waals surface area contributed by atoms with Gasteiger partial charge in [0, 0.05) is 18.7 Å². The van der Waals surface area contributed by atoms with Gasteiger partial charge in [-0.1, -0.05) is 32.0 Å². The van der Waals surface area contributed by atoms with Gasteiger partial charge in [-0.25, -0.2) is 8.42 Å². The van der Waals surface area contributed by atoms with Crippen LogP contribution in [-0.4, -0.2) is 43.3 Å². The summed E-state index contributed by atoms with van der Waals surface area (Å²) in [5, 5.41) is -0.296. The molecule has 0 N–H and O–H groups in total. The summed E-state index contributed by atoms with van der Waals surface area (Å²) in [7, 11) is -3.04. The van der Waals surface area contributed by atoms with E-state index < -0.39 is 9.84 Å². The number of aryl methyl sites for hydroxylation is 1. The SMILES string of the molecule is Cc1ccccc1C(=O)N1CCC(S(=O)(=O)CC(C)C)CC1. The predicted octanol–water partition coefficient (Wildman–Crippen LogP) is 2.67. The highest BCUT2D eigenvalue weighted by Gasteiger charge is 2.32. The Labute approximate surface area is 133 Å². The number of amides is 1. The van der Waals surface area contributed by atoms with Gasteiger partial charge in [-0.2, -0.15) is 0 Å². The number of hydrogen-bond acceptors (Lipinski definition) is 3. The van der Waals surface area contributed by atoms with Crippen LogP contribution in [0.15, 0.2) is 24.3 Å². The highest BCUT2D eigenvalue weighted by molar-refractivity contribution is 7.92. The maximum Gasteiger partial charge on any atom is 0.254 e. The van der Waals surface area contributed by atoms with E-state index in [1.54, 1.807) is 4.90 Å². The zero-order chi connectivity index (χ0) is 16.3. The minimum absolute atomic E-state index is 0.0119. The van der Waals surface area contributed by atoms with Crippen molar-refractivity contribution in [1.29, 1.82) is 0 Å². The van der Waals surface area contributed by atoms with E-state index in [1.807, 2.05) is 45.0 Å². The van der Waals surface area contributed by atoms with Gasteiger partial charge in [-0.05, 0) is 37.3 Å². The van der Waals surface area contributed by atoms with Crippen molar-refractivity contribution in [2.24, 2.45) is 5.92 Å². The molecule has 0 unspecified atom stereocenters. The molecule has 0 aliphatic carbocycles. The lowest BCUT2D eigenvalue weighted by Crippen LogP contribution is -2.43. The third kappa shape index (κ3) is 3.88. The molecule has 5 heteroatoms. The van der Waals surface area contributed by atoms with Gasteiger partial charge in [0.05, 0.1) is 11.0 Å². The van der Waals surface area contributed by atoms with Crippen LogP contribution in [0, 0.1) is 12.8 Å². The molecule has 1 aromatic carbocycles. The minimum atomic E-state index is -3.04. The first-order chi connectivity index (χ1) is 10.3. The average Bonchev–Trinajstić information content (AvgIpc) is 2.46. The lowest BCUT2D eigenvalue weighted by atomic mass is 10.1. The largest absolute Gasteiger partial charge is 0.339 e. The molecule has 1 aliphatic heterocycles. The average molecular weight is 323 g/mol. The Morgan fingerprint density at radius 2 is 1.82 bits per heavy atom. The predicted molar refractivity (Wildman–Crippen MR) is 88.7 cm³/mol. The van der Waals surface area contributed by atoms with Crippen LogP contribution in [0.2, 0.25) is 0 Å². The maximum absolute atomic E-state index is 12.5. The summed E-state index contributed by atoms with van der Waals surface area (Å²) < 4.78 is 24.6. The fourth-order valence-electron chi connectivity index (χ4n) is 3.00. The second-order valence-electron chi connectivity index (χ2n) is 6.53. The van der Waals surface area contributed by atoms with E-state index in [0.717, 1.165) is 5.56 Å². The number of rotatable bonds is 4. The summed E-state index contributed by atoms with van der Waals surface area (Å²) in [5.74, 6) is 0.401. The molecule has 1 heterocycles. The monoisotopic (exact) mass is 323 g/mol. The second kappa shape index (κ2) is 6.82. The molecule has 22 heavy (non-hydrogen) atoms. The van der Waals surface area contributed by atoms with Crippen LogP contribution in [0.3, 0.4) is 0 Å². The van der Waals surface area contributed by atoms with Crippen LogP contribution in [0.1, 0.15) is 42.6 Å². The first kappa shape index (κ1) is 17.0. The van der Waals surface area contributed by atoms with Crippen LogP contribution in [0.25, 0.3) is 0 Å². The molecule has 0 atom stereocenters. The Morgan fingerprint density at radius 3 is 2.36 bits per heavy atom. The topological polar surface area (TPSA) is 54.5 Å². The number of nitrogens with zero attached hydrogens (tertiary/aromatic N) is 1. The summed E-state index contributed by atoms with van der Waals surface area (Å²) in [6.45, 7) is 6.82. The zero-order valence-electron chi connectivity index (χ0n) is 13.6. The number of piperidine rings is 1. The lowest BCUT2D eigenvalue weighted by molar-refractivity contribution is 0.0725. The highest BCUT2D eigenvalue weighted by Crippen LogP contribution is 2.22. The quantitative estimate of drug-likeness (QED) is 0.856. The van der Waals surface area contributed by atoms with E-state index in [9.17, 15) is 13.2 Å². The molecule has 1 amide bonds. The molecule has 122 valence electrons. The smallest absolute Gasteiger partial charge is 0.254 e. The zero-order valence-corrected chi connectivity index (χ0v) is 14.4. The van der Waals surface area contributed by atoms with Crippen molar-refractivity contribution in [2.45, 2.75) is 38.9 Å². The molecule has 0 bridgehead atoms. The fourth-order valence-corrected chi connectivity index (χ4v) is 5.13. The molecular formula is C17H25NO3S. The number of carbonyl (C=O) groups excluding carboxylic acids is 1. The Morgan fingerprint density at radius 1 is 1.23 bits per heavy atom. The molecule has 0 spiro atoms. The van der Waals surface area contributed by atoms with Gasteiger partial charge in [0.2, 0.25) is 0 Å². The van der Waals surface area contributed by atoms with Crippen molar-refractivity contribution in [1.82, 2.24) is 4.90 Å². The first-order valence-corrected chi connectivity index (χ1v) is 9.59. The minimum Gasteiger partial charge on any atom is -0.339 e. The molecule has 1 aromatic rings. The van der Waals surface area contributed by atoms with Crippen LogP contribution in [-0.2, 0) is 9.84 Å². The number of sulfone groups is 1. The number of likely N-dealkylation sites (tertiary alicyclic amines) is 1. The van der Waals surface area contributed by atoms with Gasteiger partial charge in [0.1, 0.15) is 0 Å². The highest BCUT2D eigenvalue weighted by atomic mass is 32.2. The number of hydrogen-bond donors (Lipinski definition) is 0. The lowest BCUT2D eigenvalue weighted by Gasteiger charge is -2.32. The van der Waals surface area contributed by atoms with Crippen molar-refractivity contribution in [3.63, 3.8) is 0 Å². The van der Waals surface area contributed by atoms with Gasteiger partial charge in [0.15, 0.2) is 9.84 Å². The maximum atomic E-state index is 12.5. The van der Waals surface area contributed by atoms with Crippen LogP contribution >= 0.6 is 0 Å². The van der Waals surface area contributed by atoms with E-state index in [2.05, 4.69) is 0 Å². The molecule has 4 nitrogen and oxygen atoms in total. The third-order valence-corrected chi connectivity index (χ3v) is 6.80. The molecule has 0 radical (unpaired) electrons. The van der Waals surface area contributed by atoms with Gasteiger partial charge >= 0.3 is 0 Å². The van der Waals surface area contributed by atoms with Gasteiger partial charge in [0.25, 0.3) is 5.91 Å². The van der Waals surface area contributed by atoms with Gasteiger partial charge in [-0.3, -0.25) is 4.79 Å². The summed E-state index contributed by atoms with van der Waals surface area (Å²) in [6, 6.07) is 7.53. The first-order valence-electron chi connectivity index (χ1n) is 7.87. The summed E-state index contributed by atoms with van der Waals surface area (Å²) >= 11 is 0. The van der Waals surface area contributed by atoms with Gasteiger partial charge < -0.3 is 4.90 Å². The van der Waals surface area contributed by atoms with Crippen LogP contribution in [0.4, 0.5) is 0 Å². The molecule has 1 fully saturated rings.